The minimum absolute atomic E-state index is 0.0209. The number of nitrogens with one attached hydrogen (secondary N) is 1. The van der Waals surface area contributed by atoms with Crippen molar-refractivity contribution in [3.63, 3.8) is 0 Å². The molecule has 4 nitrogen and oxygen atoms in total. The molecule has 20 heavy (non-hydrogen) atoms. The normalized spacial score (nSPS) is 11.9. The van der Waals surface area contributed by atoms with Gasteiger partial charge in [0.15, 0.2) is 0 Å². The average Bonchev–Trinajstić information content (AvgIpc) is 2.35. The average molecular weight is 273 g/mol. The summed E-state index contributed by atoms with van der Waals surface area (Å²) in [5, 5.41) is 0.971. The molecular weight excluding hydrogens is 250 g/mol. The van der Waals surface area contributed by atoms with Crippen LogP contribution in [0.2, 0.25) is 0 Å². The number of nitrogens with zero attached hydrogens (tertiary/aromatic N) is 1. The largest absolute Gasteiger partial charge is 0.491 e. The molecule has 0 bridgehead atoms. The quantitative estimate of drug-likeness (QED) is 0.662. The fraction of sp³-hybridized carbons (Fsp3) is 0.438. The molecule has 3 N–H and O–H groups in total. The van der Waals surface area contributed by atoms with Gasteiger partial charge in [0, 0.05) is 16.5 Å². The number of hydrogen-bond donors (Lipinski definition) is 2. The van der Waals surface area contributed by atoms with E-state index in [4.69, 9.17) is 15.6 Å². The molecule has 4 heteroatoms. The Balaban J connectivity index is 2.59. The summed E-state index contributed by atoms with van der Waals surface area (Å²) in [5.74, 6) is 6.49. The van der Waals surface area contributed by atoms with Crippen LogP contribution < -0.4 is 16.0 Å². The highest BCUT2D eigenvalue weighted by molar-refractivity contribution is 5.92. The lowest BCUT2D eigenvalue weighted by Gasteiger charge is -2.20. The monoisotopic (exact) mass is 273 g/mol. The number of hydrazine groups is 1. The van der Waals surface area contributed by atoms with Crippen LogP contribution in [0.1, 0.15) is 40.3 Å². The number of rotatable bonds is 3. The molecule has 0 aliphatic rings. The first kappa shape index (κ1) is 14.6. The van der Waals surface area contributed by atoms with E-state index in [-0.39, 0.29) is 11.5 Å². The maximum atomic E-state index is 5.72. The number of aromatic nitrogens is 1. The molecule has 0 aliphatic heterocycles. The van der Waals surface area contributed by atoms with Gasteiger partial charge in [-0.1, -0.05) is 20.8 Å². The van der Waals surface area contributed by atoms with Gasteiger partial charge in [0.1, 0.15) is 5.75 Å². The molecule has 0 radical (unpaired) electrons. The third-order valence-corrected chi connectivity index (χ3v) is 3.08. The molecule has 0 atom stereocenters. The summed E-state index contributed by atoms with van der Waals surface area (Å²) >= 11 is 0. The first-order chi connectivity index (χ1) is 9.31. The van der Waals surface area contributed by atoms with Crippen LogP contribution in [0.15, 0.2) is 24.3 Å². The molecule has 1 aromatic heterocycles. The zero-order chi connectivity index (χ0) is 14.9. The number of anilines is 1. The molecule has 0 unspecified atom stereocenters. The van der Waals surface area contributed by atoms with Crippen molar-refractivity contribution in [2.45, 2.75) is 46.1 Å². The molecule has 0 saturated carbocycles. The second-order valence-corrected chi connectivity index (χ2v) is 6.29. The van der Waals surface area contributed by atoms with Crippen LogP contribution in [0.3, 0.4) is 0 Å². The molecule has 0 spiro atoms. The van der Waals surface area contributed by atoms with Crippen LogP contribution in [0, 0.1) is 0 Å². The number of fused-ring (bicyclic) bond motifs is 1. The fourth-order valence-corrected chi connectivity index (χ4v) is 2.05. The predicted octanol–water partition coefficient (Wildman–Crippen LogP) is 3.61. The van der Waals surface area contributed by atoms with Crippen molar-refractivity contribution in [2.75, 3.05) is 5.43 Å². The Morgan fingerprint density at radius 1 is 1.20 bits per heavy atom. The lowest BCUT2D eigenvalue weighted by molar-refractivity contribution is 0.243. The predicted molar refractivity (Wildman–Crippen MR) is 84.0 cm³/mol. The van der Waals surface area contributed by atoms with Gasteiger partial charge in [-0.05, 0) is 38.1 Å². The zero-order valence-corrected chi connectivity index (χ0v) is 12.8. The lowest BCUT2D eigenvalue weighted by Crippen LogP contribution is -2.16. The molecule has 0 amide bonds. The number of pyridine rings is 1. The summed E-state index contributed by atoms with van der Waals surface area (Å²) < 4.78 is 5.72. The third kappa shape index (κ3) is 3.02. The van der Waals surface area contributed by atoms with E-state index in [1.807, 2.05) is 38.1 Å². The summed E-state index contributed by atoms with van der Waals surface area (Å²) in [6.45, 7) is 10.4. The minimum atomic E-state index is -0.0209. The van der Waals surface area contributed by atoms with E-state index in [9.17, 15) is 0 Å². The summed E-state index contributed by atoms with van der Waals surface area (Å²) in [5.41, 5.74) is 5.54. The number of nitrogen functional groups attached to an aromatic ring is 1. The van der Waals surface area contributed by atoms with E-state index in [0.29, 0.717) is 0 Å². The number of nitrogens with two attached hydrogens (primary N) is 1. The van der Waals surface area contributed by atoms with E-state index in [1.54, 1.807) is 0 Å². The standard InChI is InChI=1S/C16H23N3O/c1-10(2)20-11-6-7-13-12(8-11)14(19-17)9-15(18-13)16(3,4)5/h6-10H,17H2,1-5H3,(H,18,19). The maximum Gasteiger partial charge on any atom is 0.120 e. The van der Waals surface area contributed by atoms with Gasteiger partial charge in [-0.3, -0.25) is 10.8 Å². The first-order valence-electron chi connectivity index (χ1n) is 6.90. The second kappa shape index (κ2) is 5.29. The van der Waals surface area contributed by atoms with Gasteiger partial charge in [-0.2, -0.15) is 0 Å². The van der Waals surface area contributed by atoms with E-state index >= 15 is 0 Å². The molecular formula is C16H23N3O. The number of hydrogen-bond acceptors (Lipinski definition) is 4. The Bertz CT molecular complexity index is 615. The van der Waals surface area contributed by atoms with Crippen LogP contribution in [0.4, 0.5) is 5.69 Å². The fourth-order valence-electron chi connectivity index (χ4n) is 2.05. The Morgan fingerprint density at radius 3 is 2.45 bits per heavy atom. The molecule has 2 rings (SSSR count). The van der Waals surface area contributed by atoms with Crippen molar-refractivity contribution in [2.24, 2.45) is 5.84 Å². The van der Waals surface area contributed by atoms with Crippen molar-refractivity contribution in [1.29, 1.82) is 0 Å². The SMILES string of the molecule is CC(C)Oc1ccc2nc(C(C)(C)C)cc(NN)c2c1. The number of benzene rings is 1. The smallest absolute Gasteiger partial charge is 0.120 e. The summed E-state index contributed by atoms with van der Waals surface area (Å²) in [6, 6.07) is 7.90. The van der Waals surface area contributed by atoms with Gasteiger partial charge in [0.2, 0.25) is 0 Å². The lowest BCUT2D eigenvalue weighted by atomic mass is 9.91. The van der Waals surface area contributed by atoms with Crippen LogP contribution in [-0.2, 0) is 5.41 Å². The summed E-state index contributed by atoms with van der Waals surface area (Å²) in [4.78, 5) is 4.72. The molecule has 1 heterocycles. The first-order valence-corrected chi connectivity index (χ1v) is 6.90. The number of ether oxygens (including phenoxy) is 1. The third-order valence-electron chi connectivity index (χ3n) is 3.08. The van der Waals surface area contributed by atoms with Crippen LogP contribution in [0.5, 0.6) is 5.75 Å². The minimum Gasteiger partial charge on any atom is -0.491 e. The molecule has 108 valence electrons. The molecule has 0 saturated heterocycles. The van der Waals surface area contributed by atoms with E-state index in [0.717, 1.165) is 28.0 Å². The Hall–Kier alpha value is -1.81. The van der Waals surface area contributed by atoms with Gasteiger partial charge < -0.3 is 10.2 Å². The van der Waals surface area contributed by atoms with Gasteiger partial charge in [-0.25, -0.2) is 0 Å². The maximum absolute atomic E-state index is 5.72. The Kier molecular flexibility index (Phi) is 3.86. The van der Waals surface area contributed by atoms with E-state index in [2.05, 4.69) is 26.2 Å². The highest BCUT2D eigenvalue weighted by Gasteiger charge is 2.18. The molecule has 0 fully saturated rings. The highest BCUT2D eigenvalue weighted by atomic mass is 16.5. The van der Waals surface area contributed by atoms with Crippen molar-refractivity contribution >= 4 is 16.6 Å². The van der Waals surface area contributed by atoms with Crippen LogP contribution in [-0.4, -0.2) is 11.1 Å². The summed E-state index contributed by atoms with van der Waals surface area (Å²) in [6.07, 6.45) is 0.142. The van der Waals surface area contributed by atoms with Gasteiger partial charge in [0.25, 0.3) is 0 Å². The Labute approximate surface area is 120 Å². The van der Waals surface area contributed by atoms with E-state index in [1.165, 1.54) is 0 Å². The van der Waals surface area contributed by atoms with Gasteiger partial charge >= 0.3 is 0 Å². The molecule has 1 aromatic carbocycles. The second-order valence-electron chi connectivity index (χ2n) is 6.29. The van der Waals surface area contributed by atoms with E-state index < -0.39 is 0 Å². The van der Waals surface area contributed by atoms with Gasteiger partial charge in [-0.15, -0.1) is 0 Å². The van der Waals surface area contributed by atoms with Crippen LogP contribution >= 0.6 is 0 Å². The Morgan fingerprint density at radius 2 is 1.90 bits per heavy atom. The van der Waals surface area contributed by atoms with Crippen LogP contribution in [0.25, 0.3) is 10.9 Å². The summed E-state index contributed by atoms with van der Waals surface area (Å²) in [7, 11) is 0. The zero-order valence-electron chi connectivity index (χ0n) is 12.8. The van der Waals surface area contributed by atoms with Gasteiger partial charge in [0.05, 0.1) is 17.3 Å². The topological polar surface area (TPSA) is 60.2 Å². The molecule has 2 aromatic rings. The van der Waals surface area contributed by atoms with Crippen molar-refractivity contribution in [3.05, 3.63) is 30.0 Å². The van der Waals surface area contributed by atoms with Crippen molar-refractivity contribution in [1.82, 2.24) is 4.98 Å². The van der Waals surface area contributed by atoms with Crippen molar-refractivity contribution in [3.8, 4) is 5.75 Å². The van der Waals surface area contributed by atoms with Crippen molar-refractivity contribution < 1.29 is 4.74 Å². The highest BCUT2D eigenvalue weighted by Crippen LogP contribution is 2.31. The molecule has 0 aliphatic carbocycles.